The van der Waals surface area contributed by atoms with Crippen LogP contribution in [0.2, 0.25) is 0 Å². The number of Topliss-reactive ketones (excluding diaryl/α,β-unsaturated/α-hetero) is 1. The number of allylic oxidation sites excluding steroid dienone is 1. The molecule has 2 aliphatic carbocycles. The van der Waals surface area contributed by atoms with E-state index in [1.807, 2.05) is 6.92 Å². The summed E-state index contributed by atoms with van der Waals surface area (Å²) in [6.45, 7) is 5.55. The number of ketones is 1. The van der Waals surface area contributed by atoms with Gasteiger partial charge in [0.05, 0.1) is 13.2 Å². The highest BCUT2D eigenvalue weighted by atomic mass is 16.7. The third kappa shape index (κ3) is 1.08. The van der Waals surface area contributed by atoms with E-state index in [0.29, 0.717) is 25.4 Å². The monoisotopic (exact) mass is 222 g/mol. The molecular weight excluding hydrogens is 204 g/mol. The Morgan fingerprint density at radius 2 is 1.81 bits per heavy atom. The molecule has 0 N–H and O–H groups in total. The Balaban J connectivity index is 2.09. The maximum atomic E-state index is 11.7. The van der Waals surface area contributed by atoms with E-state index in [2.05, 4.69) is 6.92 Å². The Bertz CT molecular complexity index is 377. The van der Waals surface area contributed by atoms with Crippen LogP contribution in [0.3, 0.4) is 0 Å². The number of rotatable bonds is 0. The van der Waals surface area contributed by atoms with Gasteiger partial charge in [-0.05, 0) is 25.3 Å². The van der Waals surface area contributed by atoms with E-state index < -0.39 is 5.79 Å². The van der Waals surface area contributed by atoms with E-state index in [9.17, 15) is 4.79 Å². The minimum absolute atomic E-state index is 0.0680. The van der Waals surface area contributed by atoms with Gasteiger partial charge >= 0.3 is 0 Å². The van der Waals surface area contributed by atoms with Gasteiger partial charge in [0.2, 0.25) is 0 Å². The largest absolute Gasteiger partial charge is 0.347 e. The molecule has 0 amide bonds. The van der Waals surface area contributed by atoms with Gasteiger partial charge in [-0.25, -0.2) is 0 Å². The van der Waals surface area contributed by atoms with Crippen molar-refractivity contribution in [2.75, 3.05) is 13.2 Å². The maximum Gasteiger partial charge on any atom is 0.177 e. The minimum Gasteiger partial charge on any atom is -0.347 e. The molecule has 3 heteroatoms. The predicted octanol–water partition coefficient (Wildman–Crippen LogP) is 2.21. The van der Waals surface area contributed by atoms with Crippen LogP contribution >= 0.6 is 0 Å². The Kier molecular flexibility index (Phi) is 2.08. The fraction of sp³-hybridized carbons (Fsp3) is 0.769. The maximum absolute atomic E-state index is 11.7. The van der Waals surface area contributed by atoms with Crippen LogP contribution in [-0.4, -0.2) is 24.8 Å². The zero-order valence-corrected chi connectivity index (χ0v) is 9.97. The fourth-order valence-corrected chi connectivity index (χ4v) is 3.65. The van der Waals surface area contributed by atoms with Crippen LogP contribution in [0.1, 0.15) is 39.5 Å². The van der Waals surface area contributed by atoms with Crippen molar-refractivity contribution in [3.05, 3.63) is 11.1 Å². The highest BCUT2D eigenvalue weighted by molar-refractivity contribution is 5.97. The lowest BCUT2D eigenvalue weighted by Crippen LogP contribution is -2.45. The molecule has 16 heavy (non-hydrogen) atoms. The highest BCUT2D eigenvalue weighted by Crippen LogP contribution is 2.59. The molecule has 1 spiro atoms. The predicted molar refractivity (Wildman–Crippen MR) is 58.9 cm³/mol. The van der Waals surface area contributed by atoms with Gasteiger partial charge in [0.25, 0.3) is 0 Å². The zero-order chi connectivity index (χ0) is 11.4. The molecule has 1 saturated heterocycles. The lowest BCUT2D eigenvalue weighted by Gasteiger charge is -2.42. The van der Waals surface area contributed by atoms with E-state index in [-0.39, 0.29) is 5.41 Å². The number of ether oxygens (including phenoxy) is 2. The third-order valence-corrected chi connectivity index (χ3v) is 4.69. The van der Waals surface area contributed by atoms with Crippen molar-refractivity contribution in [3.8, 4) is 0 Å². The van der Waals surface area contributed by atoms with E-state index >= 15 is 0 Å². The van der Waals surface area contributed by atoms with Crippen molar-refractivity contribution >= 4 is 5.78 Å². The van der Waals surface area contributed by atoms with Gasteiger partial charge in [-0.3, -0.25) is 4.79 Å². The van der Waals surface area contributed by atoms with Crippen molar-refractivity contribution in [2.24, 2.45) is 5.41 Å². The molecule has 1 unspecified atom stereocenters. The molecular formula is C13H18O3. The first-order chi connectivity index (χ1) is 7.59. The number of carbonyl (C=O) groups excluding carboxylic acids is 1. The van der Waals surface area contributed by atoms with Crippen LogP contribution in [-0.2, 0) is 14.3 Å². The summed E-state index contributed by atoms with van der Waals surface area (Å²) in [6, 6.07) is 0. The highest BCUT2D eigenvalue weighted by Gasteiger charge is 2.60. The Labute approximate surface area is 95.8 Å². The molecule has 0 aromatic heterocycles. The van der Waals surface area contributed by atoms with E-state index in [1.54, 1.807) is 0 Å². The molecule has 2 fully saturated rings. The van der Waals surface area contributed by atoms with Crippen LogP contribution in [0.25, 0.3) is 0 Å². The molecule has 1 heterocycles. The number of fused-ring (bicyclic) bond motifs is 2. The topological polar surface area (TPSA) is 35.5 Å². The van der Waals surface area contributed by atoms with Crippen molar-refractivity contribution < 1.29 is 14.3 Å². The van der Waals surface area contributed by atoms with Crippen LogP contribution in [0.15, 0.2) is 11.1 Å². The molecule has 1 saturated carbocycles. The van der Waals surface area contributed by atoms with Gasteiger partial charge in [-0.15, -0.1) is 0 Å². The van der Waals surface area contributed by atoms with E-state index in [1.165, 1.54) is 5.57 Å². The summed E-state index contributed by atoms with van der Waals surface area (Å²) in [5.41, 5.74) is 2.18. The molecule has 0 aromatic rings. The summed E-state index contributed by atoms with van der Waals surface area (Å²) in [4.78, 5) is 11.7. The van der Waals surface area contributed by atoms with Crippen LogP contribution in [0.5, 0.6) is 0 Å². The first-order valence-corrected chi connectivity index (χ1v) is 6.10. The standard InChI is InChI=1S/C13H18O3/c1-9-10-3-6-13(15-7-8-16-13)12(10,2)5-4-11(9)14/h3-8H2,1-2H3. The summed E-state index contributed by atoms with van der Waals surface area (Å²) in [5.74, 6) is -0.118. The van der Waals surface area contributed by atoms with Crippen molar-refractivity contribution in [3.63, 3.8) is 0 Å². The smallest absolute Gasteiger partial charge is 0.177 e. The molecule has 3 rings (SSSR count). The number of carbonyl (C=O) groups is 1. The second-order valence-corrected chi connectivity index (χ2v) is 5.31. The van der Waals surface area contributed by atoms with Gasteiger partial charge in [0, 0.05) is 18.3 Å². The fourth-order valence-electron chi connectivity index (χ4n) is 3.65. The summed E-state index contributed by atoms with van der Waals surface area (Å²) < 4.78 is 11.8. The van der Waals surface area contributed by atoms with Crippen LogP contribution < -0.4 is 0 Å². The summed E-state index contributed by atoms with van der Waals surface area (Å²) in [6.07, 6.45) is 3.37. The minimum atomic E-state index is -0.426. The Hall–Kier alpha value is -0.670. The molecule has 3 aliphatic rings. The molecule has 0 radical (unpaired) electrons. The molecule has 88 valence electrons. The molecule has 3 nitrogen and oxygen atoms in total. The molecule has 0 aromatic carbocycles. The molecule has 1 atom stereocenters. The Morgan fingerprint density at radius 3 is 2.50 bits per heavy atom. The SMILES string of the molecule is CC1=C2CCC3(OCCO3)C2(C)CCC1=O. The van der Waals surface area contributed by atoms with Crippen molar-refractivity contribution in [1.82, 2.24) is 0 Å². The van der Waals surface area contributed by atoms with Crippen molar-refractivity contribution in [1.29, 1.82) is 0 Å². The summed E-state index contributed by atoms with van der Waals surface area (Å²) >= 11 is 0. The first kappa shape index (κ1) is 10.5. The average Bonchev–Trinajstić information content (AvgIpc) is 2.84. The number of hydrogen-bond acceptors (Lipinski definition) is 3. The first-order valence-electron chi connectivity index (χ1n) is 6.10. The summed E-state index contributed by atoms with van der Waals surface area (Å²) in [7, 11) is 0. The van der Waals surface area contributed by atoms with Gasteiger partial charge in [-0.2, -0.15) is 0 Å². The van der Waals surface area contributed by atoms with Gasteiger partial charge in [-0.1, -0.05) is 12.5 Å². The van der Waals surface area contributed by atoms with Gasteiger partial charge < -0.3 is 9.47 Å². The second kappa shape index (κ2) is 3.17. The lowest BCUT2D eigenvalue weighted by atomic mass is 9.70. The van der Waals surface area contributed by atoms with E-state index in [4.69, 9.17) is 9.47 Å². The quantitative estimate of drug-likeness (QED) is 0.630. The normalized spacial score (nSPS) is 37.2. The van der Waals surface area contributed by atoms with Crippen LogP contribution in [0.4, 0.5) is 0 Å². The zero-order valence-electron chi connectivity index (χ0n) is 9.97. The van der Waals surface area contributed by atoms with Crippen LogP contribution in [0, 0.1) is 5.41 Å². The number of hydrogen-bond donors (Lipinski definition) is 0. The van der Waals surface area contributed by atoms with Gasteiger partial charge in [0.15, 0.2) is 11.6 Å². The average molecular weight is 222 g/mol. The van der Waals surface area contributed by atoms with Gasteiger partial charge in [0.1, 0.15) is 0 Å². The van der Waals surface area contributed by atoms with Crippen molar-refractivity contribution in [2.45, 2.75) is 45.3 Å². The Morgan fingerprint density at radius 1 is 1.12 bits per heavy atom. The molecule has 1 aliphatic heterocycles. The summed E-state index contributed by atoms with van der Waals surface area (Å²) in [5, 5.41) is 0. The third-order valence-electron chi connectivity index (χ3n) is 4.69. The lowest BCUT2D eigenvalue weighted by molar-refractivity contribution is -0.211. The van der Waals surface area contributed by atoms with E-state index in [0.717, 1.165) is 24.8 Å². The second-order valence-electron chi connectivity index (χ2n) is 5.31. The molecule has 0 bridgehead atoms.